The summed E-state index contributed by atoms with van der Waals surface area (Å²) >= 11 is 12.2. The molecule has 1 atom stereocenters. The van der Waals surface area contributed by atoms with Gasteiger partial charge in [0.2, 0.25) is 0 Å². The molecule has 1 aliphatic rings. The summed E-state index contributed by atoms with van der Waals surface area (Å²) in [6, 6.07) is 14.9. The van der Waals surface area contributed by atoms with E-state index in [1.807, 2.05) is 29.8 Å². The summed E-state index contributed by atoms with van der Waals surface area (Å²) in [6.45, 7) is 6.45. The number of para-hydroxylation sites is 1. The SMILES string of the molecule is Cc1nn(-c2ccccc2)c2c1C(NC(=O)c1ccc(Cl)cc1Cl)CC(C)(C)C2. The van der Waals surface area contributed by atoms with Gasteiger partial charge in [0.05, 0.1) is 33.7 Å². The number of rotatable bonds is 3. The first kappa shape index (κ1) is 20.0. The fourth-order valence-electron chi connectivity index (χ4n) is 4.21. The van der Waals surface area contributed by atoms with Gasteiger partial charge in [-0.15, -0.1) is 0 Å². The van der Waals surface area contributed by atoms with Crippen LogP contribution in [0.5, 0.6) is 0 Å². The van der Waals surface area contributed by atoms with Crippen LogP contribution in [0.4, 0.5) is 0 Å². The zero-order valence-electron chi connectivity index (χ0n) is 16.7. The molecule has 1 aliphatic carbocycles. The molecule has 3 aromatic rings. The Kier molecular flexibility index (Phi) is 5.18. The van der Waals surface area contributed by atoms with E-state index in [1.165, 1.54) is 0 Å². The number of aromatic nitrogens is 2. The molecule has 0 radical (unpaired) electrons. The number of benzene rings is 2. The minimum atomic E-state index is -0.202. The van der Waals surface area contributed by atoms with E-state index in [2.05, 4.69) is 31.3 Å². The zero-order valence-corrected chi connectivity index (χ0v) is 18.2. The first-order valence-corrected chi connectivity index (χ1v) is 10.4. The minimum Gasteiger partial charge on any atom is -0.345 e. The third-order valence-corrected chi connectivity index (χ3v) is 5.99. The highest BCUT2D eigenvalue weighted by molar-refractivity contribution is 6.36. The standard InChI is InChI=1S/C23H23Cl2N3O/c1-14-21-19(26-22(29)17-10-9-15(24)11-18(17)25)12-23(2,3)13-20(21)28(27-14)16-7-5-4-6-8-16/h4-11,19H,12-13H2,1-3H3,(H,26,29). The number of nitrogens with one attached hydrogen (secondary N) is 1. The third kappa shape index (κ3) is 3.92. The molecular formula is C23H23Cl2N3O. The van der Waals surface area contributed by atoms with Gasteiger partial charge in [-0.2, -0.15) is 5.10 Å². The van der Waals surface area contributed by atoms with Crippen LogP contribution >= 0.6 is 23.2 Å². The van der Waals surface area contributed by atoms with Crippen molar-refractivity contribution < 1.29 is 4.79 Å². The molecule has 1 aromatic heterocycles. The molecule has 0 saturated carbocycles. The Morgan fingerprint density at radius 2 is 1.90 bits per heavy atom. The van der Waals surface area contributed by atoms with E-state index in [0.29, 0.717) is 15.6 Å². The van der Waals surface area contributed by atoms with Crippen LogP contribution < -0.4 is 5.32 Å². The van der Waals surface area contributed by atoms with Gasteiger partial charge >= 0.3 is 0 Å². The molecule has 4 rings (SSSR count). The van der Waals surface area contributed by atoms with Crippen molar-refractivity contribution in [3.05, 3.63) is 81.1 Å². The summed E-state index contributed by atoms with van der Waals surface area (Å²) in [5.41, 5.74) is 4.67. The number of amides is 1. The Morgan fingerprint density at radius 3 is 2.59 bits per heavy atom. The quantitative estimate of drug-likeness (QED) is 0.562. The van der Waals surface area contributed by atoms with E-state index in [1.54, 1.807) is 18.2 Å². The Balaban J connectivity index is 1.73. The lowest BCUT2D eigenvalue weighted by Crippen LogP contribution is -2.37. The molecule has 1 heterocycles. The molecule has 0 bridgehead atoms. The fraction of sp³-hybridized carbons (Fsp3) is 0.304. The summed E-state index contributed by atoms with van der Waals surface area (Å²) in [6.07, 6.45) is 1.73. The van der Waals surface area contributed by atoms with E-state index >= 15 is 0 Å². The van der Waals surface area contributed by atoms with Crippen molar-refractivity contribution in [2.24, 2.45) is 5.41 Å². The number of carbonyl (C=O) groups excluding carboxylic acids is 1. The monoisotopic (exact) mass is 427 g/mol. The number of nitrogens with zero attached hydrogens (tertiary/aromatic N) is 2. The molecule has 0 fully saturated rings. The van der Waals surface area contributed by atoms with Crippen LogP contribution in [0.1, 0.15) is 53.6 Å². The maximum Gasteiger partial charge on any atom is 0.253 e. The summed E-state index contributed by atoms with van der Waals surface area (Å²) in [5, 5.41) is 8.86. The van der Waals surface area contributed by atoms with Crippen LogP contribution in [0.2, 0.25) is 10.0 Å². The van der Waals surface area contributed by atoms with E-state index < -0.39 is 0 Å². The van der Waals surface area contributed by atoms with E-state index in [9.17, 15) is 4.79 Å². The second kappa shape index (κ2) is 7.51. The largest absolute Gasteiger partial charge is 0.345 e. The van der Waals surface area contributed by atoms with Gasteiger partial charge in [0.25, 0.3) is 5.91 Å². The summed E-state index contributed by atoms with van der Waals surface area (Å²) < 4.78 is 2.01. The average molecular weight is 428 g/mol. The molecule has 150 valence electrons. The van der Waals surface area contributed by atoms with Crippen LogP contribution in [0.15, 0.2) is 48.5 Å². The van der Waals surface area contributed by atoms with Crippen LogP contribution in [0.3, 0.4) is 0 Å². The molecule has 4 nitrogen and oxygen atoms in total. The van der Waals surface area contributed by atoms with Gasteiger partial charge in [-0.3, -0.25) is 4.79 Å². The van der Waals surface area contributed by atoms with Crippen molar-refractivity contribution in [3.63, 3.8) is 0 Å². The second-order valence-corrected chi connectivity index (χ2v) is 9.23. The molecular weight excluding hydrogens is 405 g/mol. The van der Waals surface area contributed by atoms with Crippen LogP contribution in [0, 0.1) is 12.3 Å². The fourth-order valence-corrected chi connectivity index (χ4v) is 4.70. The predicted molar refractivity (Wildman–Crippen MR) is 117 cm³/mol. The highest BCUT2D eigenvalue weighted by Crippen LogP contribution is 2.43. The second-order valence-electron chi connectivity index (χ2n) is 8.39. The molecule has 0 spiro atoms. The molecule has 1 amide bonds. The molecule has 29 heavy (non-hydrogen) atoms. The first-order valence-electron chi connectivity index (χ1n) is 9.65. The lowest BCUT2D eigenvalue weighted by Gasteiger charge is -2.36. The van der Waals surface area contributed by atoms with Crippen molar-refractivity contribution in [2.45, 2.75) is 39.7 Å². The molecule has 2 aromatic carbocycles. The Morgan fingerprint density at radius 1 is 1.17 bits per heavy atom. The highest BCUT2D eigenvalue weighted by Gasteiger charge is 2.37. The van der Waals surface area contributed by atoms with Crippen LogP contribution in [0.25, 0.3) is 5.69 Å². The molecule has 0 saturated heterocycles. The van der Waals surface area contributed by atoms with Crippen LogP contribution in [-0.4, -0.2) is 15.7 Å². The number of aryl methyl sites for hydroxylation is 1. The maximum absolute atomic E-state index is 13.0. The normalized spacial score (nSPS) is 17.6. The third-order valence-electron chi connectivity index (χ3n) is 5.44. The van der Waals surface area contributed by atoms with Gasteiger partial charge in [0, 0.05) is 10.6 Å². The number of hydrogen-bond acceptors (Lipinski definition) is 2. The Labute approximate surface area is 180 Å². The van der Waals surface area contributed by atoms with Crippen molar-refractivity contribution in [2.75, 3.05) is 0 Å². The van der Waals surface area contributed by atoms with Crippen molar-refractivity contribution in [1.82, 2.24) is 15.1 Å². The van der Waals surface area contributed by atoms with Gasteiger partial charge in [0.1, 0.15) is 0 Å². The maximum atomic E-state index is 13.0. The highest BCUT2D eigenvalue weighted by atomic mass is 35.5. The Bertz CT molecular complexity index is 1070. The first-order chi connectivity index (χ1) is 13.7. The number of carbonyl (C=O) groups is 1. The van der Waals surface area contributed by atoms with E-state index in [-0.39, 0.29) is 17.4 Å². The van der Waals surface area contributed by atoms with Crippen molar-refractivity contribution >= 4 is 29.1 Å². The van der Waals surface area contributed by atoms with Crippen molar-refractivity contribution in [1.29, 1.82) is 0 Å². The number of fused-ring (bicyclic) bond motifs is 1. The minimum absolute atomic E-state index is 0.0216. The Hall–Kier alpha value is -2.30. The predicted octanol–water partition coefficient (Wildman–Crippen LogP) is 5.93. The topological polar surface area (TPSA) is 46.9 Å². The summed E-state index contributed by atoms with van der Waals surface area (Å²) in [7, 11) is 0. The number of hydrogen-bond donors (Lipinski definition) is 1. The van der Waals surface area contributed by atoms with Crippen molar-refractivity contribution in [3.8, 4) is 5.69 Å². The molecule has 1 unspecified atom stereocenters. The van der Waals surface area contributed by atoms with Crippen LogP contribution in [-0.2, 0) is 6.42 Å². The smallest absolute Gasteiger partial charge is 0.253 e. The average Bonchev–Trinajstić information content (AvgIpc) is 2.97. The summed E-state index contributed by atoms with van der Waals surface area (Å²) in [5.74, 6) is -0.202. The number of halogens is 2. The van der Waals surface area contributed by atoms with Gasteiger partial charge in [-0.1, -0.05) is 55.2 Å². The molecule has 1 N–H and O–H groups in total. The van der Waals surface area contributed by atoms with Gasteiger partial charge in [0.15, 0.2) is 0 Å². The van der Waals surface area contributed by atoms with Gasteiger partial charge in [-0.05, 0) is 55.5 Å². The van der Waals surface area contributed by atoms with E-state index in [0.717, 1.165) is 35.5 Å². The van der Waals surface area contributed by atoms with Gasteiger partial charge in [-0.25, -0.2) is 4.68 Å². The molecule has 0 aliphatic heterocycles. The lowest BCUT2D eigenvalue weighted by molar-refractivity contribution is 0.0919. The van der Waals surface area contributed by atoms with E-state index in [4.69, 9.17) is 28.3 Å². The summed E-state index contributed by atoms with van der Waals surface area (Å²) in [4.78, 5) is 13.0. The van der Waals surface area contributed by atoms with Gasteiger partial charge < -0.3 is 5.32 Å². The molecule has 6 heteroatoms. The zero-order chi connectivity index (χ0) is 20.8. The lowest BCUT2D eigenvalue weighted by atomic mass is 9.73.